The lowest BCUT2D eigenvalue weighted by atomic mass is 10.1. The first kappa shape index (κ1) is 16.0. The Kier molecular flexibility index (Phi) is 3.93. The van der Waals surface area contributed by atoms with Crippen LogP contribution in [0.2, 0.25) is 0 Å². The third kappa shape index (κ3) is 3.04. The number of halogens is 2. The van der Waals surface area contributed by atoms with Crippen LogP contribution in [0, 0.1) is 11.6 Å². The second-order valence-corrected chi connectivity index (χ2v) is 5.77. The van der Waals surface area contributed by atoms with E-state index in [1.165, 1.54) is 12.2 Å². The minimum Gasteiger partial charge on any atom is -0.353 e. The smallest absolute Gasteiger partial charge is 0.248 e. The third-order valence-electron chi connectivity index (χ3n) is 4.00. The van der Waals surface area contributed by atoms with Gasteiger partial charge in [-0.3, -0.25) is 9.78 Å². The van der Waals surface area contributed by atoms with Gasteiger partial charge < -0.3 is 10.3 Å². The van der Waals surface area contributed by atoms with Crippen LogP contribution in [0.25, 0.3) is 27.9 Å². The van der Waals surface area contributed by atoms with Crippen LogP contribution in [0.4, 0.5) is 14.5 Å². The number of pyridine rings is 1. The van der Waals surface area contributed by atoms with Crippen molar-refractivity contribution in [1.82, 2.24) is 9.97 Å². The Morgan fingerprint density at radius 2 is 1.88 bits per heavy atom. The van der Waals surface area contributed by atoms with Crippen LogP contribution in [-0.4, -0.2) is 15.9 Å². The Labute approximate surface area is 147 Å². The van der Waals surface area contributed by atoms with E-state index < -0.39 is 17.5 Å². The number of benzene rings is 2. The van der Waals surface area contributed by atoms with Gasteiger partial charge in [-0.25, -0.2) is 8.78 Å². The fourth-order valence-corrected chi connectivity index (χ4v) is 2.79. The molecule has 2 heterocycles. The van der Waals surface area contributed by atoms with Crippen molar-refractivity contribution in [3.05, 3.63) is 78.1 Å². The lowest BCUT2D eigenvalue weighted by Crippen LogP contribution is -2.09. The summed E-state index contributed by atoms with van der Waals surface area (Å²) >= 11 is 0. The standard InChI is InChI=1S/C20H13F2N3O/c21-12-5-7-16(22)18(9-12)25-20(26)8-6-13-10-15-14-3-1-2-4-17(14)24-19(15)11-23-13/h1-11,24H,(H,25,26)/b8-6+. The Balaban J connectivity index is 1.59. The average Bonchev–Trinajstić information content (AvgIpc) is 3.01. The molecule has 0 aliphatic carbocycles. The molecule has 0 atom stereocenters. The van der Waals surface area contributed by atoms with Gasteiger partial charge in [0, 0.05) is 28.4 Å². The van der Waals surface area contributed by atoms with Crippen LogP contribution in [0.5, 0.6) is 0 Å². The molecule has 0 spiro atoms. The lowest BCUT2D eigenvalue weighted by Gasteiger charge is -2.03. The highest BCUT2D eigenvalue weighted by atomic mass is 19.1. The number of H-pyrrole nitrogens is 1. The van der Waals surface area contributed by atoms with Gasteiger partial charge in [0.2, 0.25) is 5.91 Å². The number of carbonyl (C=O) groups excluding carboxylic acids is 1. The van der Waals surface area contributed by atoms with Crippen LogP contribution >= 0.6 is 0 Å². The number of aromatic amines is 1. The predicted molar refractivity (Wildman–Crippen MR) is 97.6 cm³/mol. The molecule has 0 aliphatic rings. The number of carbonyl (C=O) groups is 1. The zero-order valence-electron chi connectivity index (χ0n) is 13.5. The summed E-state index contributed by atoms with van der Waals surface area (Å²) < 4.78 is 26.7. The predicted octanol–water partition coefficient (Wildman–Crippen LogP) is 4.65. The highest BCUT2D eigenvalue weighted by molar-refractivity contribution is 6.07. The van der Waals surface area contributed by atoms with Crippen molar-refractivity contribution < 1.29 is 13.6 Å². The molecular formula is C20H13F2N3O. The van der Waals surface area contributed by atoms with Crippen molar-refractivity contribution in [2.24, 2.45) is 0 Å². The monoisotopic (exact) mass is 349 g/mol. The summed E-state index contributed by atoms with van der Waals surface area (Å²) in [6.07, 6.45) is 4.44. The maximum absolute atomic E-state index is 13.6. The van der Waals surface area contributed by atoms with Gasteiger partial charge in [-0.2, -0.15) is 0 Å². The quantitative estimate of drug-likeness (QED) is 0.529. The molecule has 0 bridgehead atoms. The number of fused-ring (bicyclic) bond motifs is 3. The normalized spacial score (nSPS) is 11.5. The molecular weight excluding hydrogens is 336 g/mol. The van der Waals surface area contributed by atoms with Crippen LogP contribution in [0.3, 0.4) is 0 Å². The average molecular weight is 349 g/mol. The van der Waals surface area contributed by atoms with Crippen molar-refractivity contribution >= 4 is 39.5 Å². The summed E-state index contributed by atoms with van der Waals surface area (Å²) in [6.45, 7) is 0. The van der Waals surface area contributed by atoms with E-state index in [-0.39, 0.29) is 5.69 Å². The van der Waals surface area contributed by atoms with Crippen LogP contribution in [-0.2, 0) is 4.79 Å². The number of aromatic nitrogens is 2. The Bertz CT molecular complexity index is 1160. The summed E-state index contributed by atoms with van der Waals surface area (Å²) in [5.41, 5.74) is 2.27. The van der Waals surface area contributed by atoms with Gasteiger partial charge >= 0.3 is 0 Å². The van der Waals surface area contributed by atoms with E-state index in [1.54, 1.807) is 6.20 Å². The molecule has 1 amide bonds. The molecule has 2 aromatic carbocycles. The van der Waals surface area contributed by atoms with Gasteiger partial charge in [0.1, 0.15) is 11.6 Å². The molecule has 0 radical (unpaired) electrons. The van der Waals surface area contributed by atoms with Gasteiger partial charge in [-0.1, -0.05) is 18.2 Å². The molecule has 0 saturated heterocycles. The van der Waals surface area contributed by atoms with Crippen LogP contribution in [0.1, 0.15) is 5.69 Å². The number of anilines is 1. The summed E-state index contributed by atoms with van der Waals surface area (Å²) in [7, 11) is 0. The first-order chi connectivity index (χ1) is 12.6. The minimum atomic E-state index is -0.702. The molecule has 26 heavy (non-hydrogen) atoms. The number of hydrogen-bond donors (Lipinski definition) is 2. The van der Waals surface area contributed by atoms with Crippen LogP contribution in [0.15, 0.2) is 60.8 Å². The molecule has 6 heteroatoms. The maximum atomic E-state index is 13.6. The summed E-state index contributed by atoms with van der Waals surface area (Å²) in [5, 5.41) is 4.36. The number of hydrogen-bond acceptors (Lipinski definition) is 2. The van der Waals surface area contributed by atoms with Crippen molar-refractivity contribution in [1.29, 1.82) is 0 Å². The molecule has 4 nitrogen and oxygen atoms in total. The first-order valence-corrected chi connectivity index (χ1v) is 7.91. The Morgan fingerprint density at radius 1 is 1.04 bits per heavy atom. The number of amides is 1. The largest absolute Gasteiger partial charge is 0.353 e. The van der Waals surface area contributed by atoms with E-state index in [0.717, 1.165) is 40.0 Å². The zero-order chi connectivity index (χ0) is 18.1. The van der Waals surface area contributed by atoms with Crippen molar-refractivity contribution in [2.75, 3.05) is 5.32 Å². The van der Waals surface area contributed by atoms with Crippen molar-refractivity contribution in [2.45, 2.75) is 0 Å². The molecule has 2 N–H and O–H groups in total. The SMILES string of the molecule is O=C(/C=C/c1cc2c(cn1)[nH]c1ccccc12)Nc1cc(F)ccc1F. The Morgan fingerprint density at radius 3 is 2.77 bits per heavy atom. The van der Waals surface area contributed by atoms with Crippen molar-refractivity contribution in [3.63, 3.8) is 0 Å². The fraction of sp³-hybridized carbons (Fsp3) is 0. The van der Waals surface area contributed by atoms with E-state index in [0.29, 0.717) is 5.69 Å². The number of rotatable bonds is 3. The highest BCUT2D eigenvalue weighted by Gasteiger charge is 2.07. The molecule has 4 rings (SSSR count). The fourth-order valence-electron chi connectivity index (χ4n) is 2.79. The highest BCUT2D eigenvalue weighted by Crippen LogP contribution is 2.25. The van der Waals surface area contributed by atoms with Gasteiger partial charge in [-0.15, -0.1) is 0 Å². The molecule has 0 unspecified atom stereocenters. The zero-order valence-corrected chi connectivity index (χ0v) is 13.5. The summed E-state index contributed by atoms with van der Waals surface area (Å²) in [6, 6.07) is 12.6. The van der Waals surface area contributed by atoms with Gasteiger partial charge in [0.05, 0.1) is 23.1 Å². The summed E-state index contributed by atoms with van der Waals surface area (Å²) in [4.78, 5) is 19.5. The first-order valence-electron chi connectivity index (χ1n) is 7.91. The van der Waals surface area contributed by atoms with E-state index in [9.17, 15) is 13.6 Å². The number of para-hydroxylation sites is 1. The number of nitrogens with one attached hydrogen (secondary N) is 2. The van der Waals surface area contributed by atoms with Gasteiger partial charge in [0.15, 0.2) is 0 Å². The molecule has 4 aromatic rings. The maximum Gasteiger partial charge on any atom is 0.248 e. The summed E-state index contributed by atoms with van der Waals surface area (Å²) in [5.74, 6) is -1.90. The van der Waals surface area contributed by atoms with E-state index in [2.05, 4.69) is 15.3 Å². The third-order valence-corrected chi connectivity index (χ3v) is 4.00. The lowest BCUT2D eigenvalue weighted by molar-refractivity contribution is -0.111. The van der Waals surface area contributed by atoms with Crippen molar-refractivity contribution in [3.8, 4) is 0 Å². The molecule has 0 aliphatic heterocycles. The molecule has 128 valence electrons. The Hall–Kier alpha value is -3.54. The second-order valence-electron chi connectivity index (χ2n) is 5.77. The minimum absolute atomic E-state index is 0.209. The topological polar surface area (TPSA) is 57.8 Å². The molecule has 2 aromatic heterocycles. The van der Waals surface area contributed by atoms with E-state index in [4.69, 9.17) is 0 Å². The number of nitrogens with zero attached hydrogens (tertiary/aromatic N) is 1. The van der Waals surface area contributed by atoms with Gasteiger partial charge in [0.25, 0.3) is 0 Å². The van der Waals surface area contributed by atoms with E-state index in [1.807, 2.05) is 30.3 Å². The second kappa shape index (κ2) is 6.40. The van der Waals surface area contributed by atoms with E-state index >= 15 is 0 Å². The molecule has 0 fully saturated rings. The van der Waals surface area contributed by atoms with Crippen LogP contribution < -0.4 is 5.32 Å². The molecule has 0 saturated carbocycles. The van der Waals surface area contributed by atoms with Gasteiger partial charge in [-0.05, 0) is 30.3 Å².